The van der Waals surface area contributed by atoms with Crippen LogP contribution in [-0.4, -0.2) is 21.6 Å². The van der Waals surface area contributed by atoms with Crippen molar-refractivity contribution in [2.24, 2.45) is 0 Å². The number of hydrogen-bond donors (Lipinski definition) is 2. The third kappa shape index (κ3) is 1.75. The average molecular weight is 223 g/mol. The molecule has 1 aromatic heterocycles. The summed E-state index contributed by atoms with van der Waals surface area (Å²) >= 11 is 1.35. The summed E-state index contributed by atoms with van der Waals surface area (Å²) in [5, 5.41) is 17.5. The number of nitrogen functional groups attached to an aromatic ring is 1. The highest BCUT2D eigenvalue weighted by Gasteiger charge is 2.12. The molecule has 0 aliphatic rings. The summed E-state index contributed by atoms with van der Waals surface area (Å²) in [5.74, 6) is 0.323. The van der Waals surface area contributed by atoms with Gasteiger partial charge in [-0.05, 0) is 18.4 Å². The lowest BCUT2D eigenvalue weighted by molar-refractivity contribution is 0.464. The Balaban J connectivity index is 2.49. The van der Waals surface area contributed by atoms with E-state index in [0.29, 0.717) is 16.7 Å². The van der Waals surface area contributed by atoms with E-state index in [4.69, 9.17) is 10.2 Å². The topological polar surface area (TPSA) is 85.2 Å². The van der Waals surface area contributed by atoms with Crippen LogP contribution in [0.15, 0.2) is 27.8 Å². The van der Waals surface area contributed by atoms with Gasteiger partial charge in [-0.25, -0.2) is 0 Å². The number of phenols is 1. The van der Waals surface area contributed by atoms with Crippen molar-refractivity contribution in [2.45, 2.75) is 5.22 Å². The van der Waals surface area contributed by atoms with Crippen LogP contribution in [0.1, 0.15) is 0 Å². The summed E-state index contributed by atoms with van der Waals surface area (Å²) in [6.07, 6.45) is 1.84. The van der Waals surface area contributed by atoms with Gasteiger partial charge in [0.25, 0.3) is 11.1 Å². The summed E-state index contributed by atoms with van der Waals surface area (Å²) in [4.78, 5) is 0. The number of benzene rings is 1. The second kappa shape index (κ2) is 3.82. The van der Waals surface area contributed by atoms with Gasteiger partial charge < -0.3 is 15.3 Å². The van der Waals surface area contributed by atoms with Crippen molar-refractivity contribution in [3.63, 3.8) is 0 Å². The van der Waals surface area contributed by atoms with Gasteiger partial charge >= 0.3 is 0 Å². The van der Waals surface area contributed by atoms with E-state index in [2.05, 4.69) is 10.2 Å². The van der Waals surface area contributed by atoms with E-state index in [0.717, 1.165) is 0 Å². The van der Waals surface area contributed by atoms with E-state index < -0.39 is 0 Å². The highest BCUT2D eigenvalue weighted by atomic mass is 32.2. The van der Waals surface area contributed by atoms with Crippen molar-refractivity contribution in [3.05, 3.63) is 18.2 Å². The molecule has 6 heteroatoms. The SMILES string of the molecule is CSc1nnc(-c2cccc(O)c2N)o1. The first kappa shape index (κ1) is 9.85. The first-order valence-electron chi connectivity index (χ1n) is 4.17. The number of para-hydroxylation sites is 1. The van der Waals surface area contributed by atoms with Crippen molar-refractivity contribution >= 4 is 17.4 Å². The minimum Gasteiger partial charge on any atom is -0.506 e. The maximum atomic E-state index is 9.41. The minimum atomic E-state index is 0.0106. The predicted octanol–water partition coefficient (Wildman–Crippen LogP) is 1.75. The smallest absolute Gasteiger partial charge is 0.276 e. The standard InChI is InChI=1S/C9H9N3O2S/c1-15-9-12-11-8(14-9)5-3-2-4-6(13)7(5)10/h2-4,13H,10H2,1H3. The molecule has 0 radical (unpaired) electrons. The van der Waals surface area contributed by atoms with Crippen LogP contribution in [-0.2, 0) is 0 Å². The Kier molecular flexibility index (Phi) is 2.51. The summed E-state index contributed by atoms with van der Waals surface area (Å²) in [6.45, 7) is 0. The lowest BCUT2D eigenvalue weighted by Gasteiger charge is -2.01. The number of phenolic OH excluding ortho intramolecular Hbond substituents is 1. The van der Waals surface area contributed by atoms with Crippen LogP contribution in [0.5, 0.6) is 5.75 Å². The average Bonchev–Trinajstić information content (AvgIpc) is 2.70. The van der Waals surface area contributed by atoms with Gasteiger partial charge in [-0.3, -0.25) is 0 Å². The number of aromatic nitrogens is 2. The molecule has 0 atom stereocenters. The predicted molar refractivity (Wildman–Crippen MR) is 57.6 cm³/mol. The number of aromatic hydroxyl groups is 1. The lowest BCUT2D eigenvalue weighted by Crippen LogP contribution is -1.90. The molecule has 0 aliphatic heterocycles. The van der Waals surface area contributed by atoms with Crippen molar-refractivity contribution in [3.8, 4) is 17.2 Å². The van der Waals surface area contributed by atoms with Gasteiger partial charge in [0, 0.05) is 0 Å². The van der Waals surface area contributed by atoms with Gasteiger partial charge in [-0.15, -0.1) is 10.2 Å². The molecular weight excluding hydrogens is 214 g/mol. The number of thioether (sulfide) groups is 1. The largest absolute Gasteiger partial charge is 0.506 e. The van der Waals surface area contributed by atoms with E-state index in [-0.39, 0.29) is 11.4 Å². The minimum absolute atomic E-state index is 0.0106. The second-order valence-corrected chi connectivity index (χ2v) is 3.57. The van der Waals surface area contributed by atoms with Gasteiger partial charge in [0.1, 0.15) is 5.75 Å². The molecule has 0 unspecified atom stereocenters. The maximum absolute atomic E-state index is 9.41. The Morgan fingerprint density at radius 3 is 2.87 bits per heavy atom. The Labute approximate surface area is 90.3 Å². The van der Waals surface area contributed by atoms with Gasteiger partial charge in [0.2, 0.25) is 0 Å². The van der Waals surface area contributed by atoms with E-state index in [1.54, 1.807) is 12.1 Å². The van der Waals surface area contributed by atoms with Crippen LogP contribution in [0.25, 0.3) is 11.5 Å². The molecule has 0 amide bonds. The molecule has 78 valence electrons. The zero-order valence-electron chi connectivity index (χ0n) is 7.97. The summed E-state index contributed by atoms with van der Waals surface area (Å²) in [6, 6.07) is 4.89. The maximum Gasteiger partial charge on any atom is 0.276 e. The van der Waals surface area contributed by atoms with Gasteiger partial charge in [0.05, 0.1) is 11.3 Å². The monoisotopic (exact) mass is 223 g/mol. The number of hydrogen-bond acceptors (Lipinski definition) is 6. The molecule has 1 heterocycles. The fourth-order valence-electron chi connectivity index (χ4n) is 1.14. The lowest BCUT2D eigenvalue weighted by atomic mass is 10.1. The first-order valence-corrected chi connectivity index (χ1v) is 5.40. The van der Waals surface area contributed by atoms with Gasteiger partial charge in [-0.1, -0.05) is 17.8 Å². The molecule has 2 aromatic rings. The molecule has 5 nitrogen and oxygen atoms in total. The molecule has 0 fully saturated rings. The van der Waals surface area contributed by atoms with E-state index >= 15 is 0 Å². The molecule has 15 heavy (non-hydrogen) atoms. The molecule has 0 saturated heterocycles. The Bertz CT molecular complexity index is 484. The molecule has 0 aliphatic carbocycles. The van der Waals surface area contributed by atoms with E-state index in [1.807, 2.05) is 6.26 Å². The molecule has 2 rings (SSSR count). The van der Waals surface area contributed by atoms with E-state index in [1.165, 1.54) is 17.8 Å². The second-order valence-electron chi connectivity index (χ2n) is 2.82. The van der Waals surface area contributed by atoms with Gasteiger partial charge in [0.15, 0.2) is 0 Å². The Morgan fingerprint density at radius 2 is 2.20 bits per heavy atom. The van der Waals surface area contributed by atoms with Crippen molar-refractivity contribution in [1.82, 2.24) is 10.2 Å². The quantitative estimate of drug-likeness (QED) is 0.458. The number of nitrogens with zero attached hydrogens (tertiary/aromatic N) is 2. The van der Waals surface area contributed by atoms with Crippen LogP contribution < -0.4 is 5.73 Å². The molecule has 0 bridgehead atoms. The Morgan fingerprint density at radius 1 is 1.40 bits per heavy atom. The number of anilines is 1. The van der Waals surface area contributed by atoms with Crippen molar-refractivity contribution < 1.29 is 9.52 Å². The fraction of sp³-hybridized carbons (Fsp3) is 0.111. The van der Waals surface area contributed by atoms with Crippen LogP contribution in [0.2, 0.25) is 0 Å². The molecular formula is C9H9N3O2S. The van der Waals surface area contributed by atoms with Crippen LogP contribution >= 0.6 is 11.8 Å². The Hall–Kier alpha value is -1.69. The third-order valence-corrected chi connectivity index (χ3v) is 2.41. The van der Waals surface area contributed by atoms with Crippen molar-refractivity contribution in [1.29, 1.82) is 0 Å². The van der Waals surface area contributed by atoms with E-state index in [9.17, 15) is 5.11 Å². The number of nitrogens with two attached hydrogens (primary N) is 1. The molecule has 1 aromatic carbocycles. The zero-order valence-corrected chi connectivity index (χ0v) is 8.78. The fourth-order valence-corrected chi connectivity index (χ4v) is 1.43. The van der Waals surface area contributed by atoms with Crippen LogP contribution in [0.3, 0.4) is 0 Å². The highest BCUT2D eigenvalue weighted by Crippen LogP contribution is 2.32. The highest BCUT2D eigenvalue weighted by molar-refractivity contribution is 7.98. The van der Waals surface area contributed by atoms with Crippen molar-refractivity contribution in [2.75, 3.05) is 12.0 Å². The van der Waals surface area contributed by atoms with Crippen LogP contribution in [0.4, 0.5) is 5.69 Å². The normalized spacial score (nSPS) is 10.5. The summed E-state index contributed by atoms with van der Waals surface area (Å²) in [5.41, 5.74) is 6.47. The number of rotatable bonds is 2. The molecule has 0 spiro atoms. The van der Waals surface area contributed by atoms with Crippen LogP contribution in [0, 0.1) is 0 Å². The zero-order chi connectivity index (χ0) is 10.8. The molecule has 3 N–H and O–H groups in total. The third-order valence-electron chi connectivity index (χ3n) is 1.89. The summed E-state index contributed by atoms with van der Waals surface area (Å²) < 4.78 is 5.30. The molecule has 0 saturated carbocycles. The first-order chi connectivity index (χ1) is 7.22. The van der Waals surface area contributed by atoms with Gasteiger partial charge in [-0.2, -0.15) is 0 Å². The summed E-state index contributed by atoms with van der Waals surface area (Å²) in [7, 11) is 0.